The Bertz CT molecular complexity index is 914. The molecule has 4 rings (SSSR count). The molecule has 0 saturated carbocycles. The first-order valence-corrected chi connectivity index (χ1v) is 8.30. The van der Waals surface area contributed by atoms with Crippen LogP contribution in [0.1, 0.15) is 5.69 Å². The fraction of sp³-hybridized carbons (Fsp3) is 0.118. The van der Waals surface area contributed by atoms with Crippen LogP contribution >= 0.6 is 11.3 Å². The van der Waals surface area contributed by atoms with Crippen LogP contribution in [0, 0.1) is 0 Å². The van der Waals surface area contributed by atoms with E-state index in [1.807, 2.05) is 30.3 Å². The smallest absolute Gasteiger partial charge is 0.145 e. The van der Waals surface area contributed by atoms with Crippen LogP contribution in [0.25, 0.3) is 21.6 Å². The highest BCUT2D eigenvalue weighted by atomic mass is 32.1. The Morgan fingerprint density at radius 3 is 2.83 bits per heavy atom. The van der Waals surface area contributed by atoms with Crippen molar-refractivity contribution in [2.45, 2.75) is 6.42 Å². The highest BCUT2D eigenvalue weighted by molar-refractivity contribution is 7.13. The summed E-state index contributed by atoms with van der Waals surface area (Å²) in [5.74, 6) is 0.792. The van der Waals surface area contributed by atoms with E-state index in [9.17, 15) is 0 Å². The molecule has 0 spiro atoms. The molecule has 0 atom stereocenters. The molecule has 4 aromatic rings. The maximum Gasteiger partial charge on any atom is 0.145 e. The fourth-order valence-electron chi connectivity index (χ4n) is 2.50. The topological polar surface area (TPSA) is 66.5 Å². The molecule has 0 unspecified atom stereocenters. The maximum atomic E-state index is 4.57. The number of nitrogens with zero attached hydrogens (tertiary/aromatic N) is 3. The number of para-hydroxylation sites is 2. The Hall–Kier alpha value is -2.73. The van der Waals surface area contributed by atoms with Crippen molar-refractivity contribution in [3.63, 3.8) is 0 Å². The van der Waals surface area contributed by atoms with Gasteiger partial charge in [0.1, 0.15) is 11.5 Å². The van der Waals surface area contributed by atoms with Gasteiger partial charge in [0.2, 0.25) is 0 Å². The first-order valence-electron chi connectivity index (χ1n) is 7.42. The first kappa shape index (κ1) is 13.9. The molecule has 0 amide bonds. The largest absolute Gasteiger partial charge is 0.368 e. The molecule has 0 bridgehead atoms. The number of imidazole rings is 1. The van der Waals surface area contributed by atoms with Crippen molar-refractivity contribution in [1.29, 1.82) is 0 Å². The second-order valence-electron chi connectivity index (χ2n) is 5.13. The Morgan fingerprint density at radius 1 is 1.04 bits per heavy atom. The van der Waals surface area contributed by atoms with Gasteiger partial charge >= 0.3 is 0 Å². The van der Waals surface area contributed by atoms with Crippen molar-refractivity contribution < 1.29 is 0 Å². The van der Waals surface area contributed by atoms with Gasteiger partial charge in [-0.25, -0.2) is 9.97 Å². The number of H-pyrrole nitrogens is 1. The van der Waals surface area contributed by atoms with E-state index in [0.717, 1.165) is 41.2 Å². The van der Waals surface area contributed by atoms with Gasteiger partial charge in [-0.3, -0.25) is 4.98 Å². The van der Waals surface area contributed by atoms with E-state index in [-0.39, 0.29) is 0 Å². The maximum absolute atomic E-state index is 4.57. The van der Waals surface area contributed by atoms with Gasteiger partial charge in [0.05, 0.1) is 28.4 Å². The van der Waals surface area contributed by atoms with Gasteiger partial charge in [-0.05, 0) is 23.6 Å². The number of anilines is 1. The van der Waals surface area contributed by atoms with E-state index in [4.69, 9.17) is 0 Å². The number of aromatic amines is 1. The zero-order chi connectivity index (χ0) is 15.5. The fourth-order valence-corrected chi connectivity index (χ4v) is 3.24. The quantitative estimate of drug-likeness (QED) is 0.588. The molecular weight excluding hydrogens is 306 g/mol. The van der Waals surface area contributed by atoms with Gasteiger partial charge in [0, 0.05) is 18.7 Å². The molecule has 2 N–H and O–H groups in total. The van der Waals surface area contributed by atoms with E-state index in [1.54, 1.807) is 23.9 Å². The highest BCUT2D eigenvalue weighted by Gasteiger charge is 2.09. The number of benzene rings is 1. The number of rotatable bonds is 5. The molecule has 114 valence electrons. The number of hydrogen-bond donors (Lipinski definition) is 2. The van der Waals surface area contributed by atoms with Gasteiger partial charge in [-0.1, -0.05) is 18.2 Å². The molecule has 0 aliphatic carbocycles. The SMILES string of the molecule is c1csc(-c2nc[nH]c2CCNc2cnc3ccccc3n2)c1. The number of thiophene rings is 1. The van der Waals surface area contributed by atoms with Crippen molar-refractivity contribution in [3.05, 3.63) is 60.0 Å². The lowest BCUT2D eigenvalue weighted by Gasteiger charge is -2.06. The second kappa shape index (κ2) is 6.18. The molecule has 1 aromatic carbocycles. The van der Waals surface area contributed by atoms with Crippen LogP contribution in [0.15, 0.2) is 54.3 Å². The van der Waals surface area contributed by atoms with Crippen LogP contribution < -0.4 is 5.32 Å². The van der Waals surface area contributed by atoms with E-state index < -0.39 is 0 Å². The van der Waals surface area contributed by atoms with Gasteiger partial charge in [0.15, 0.2) is 0 Å². The predicted octanol–water partition coefficient (Wildman–Crippen LogP) is 3.74. The standard InChI is InChI=1S/C17H15N5S/c1-2-5-13-12(4-1)19-10-16(22-13)18-8-7-14-17(21-11-20-14)15-6-3-9-23-15/h1-6,9-11H,7-8H2,(H,18,22)(H,20,21). The molecule has 6 heteroatoms. The van der Waals surface area contributed by atoms with Gasteiger partial charge in [-0.15, -0.1) is 11.3 Å². The monoisotopic (exact) mass is 321 g/mol. The van der Waals surface area contributed by atoms with Crippen molar-refractivity contribution in [2.75, 3.05) is 11.9 Å². The molecular formula is C17H15N5S. The third-order valence-corrected chi connectivity index (χ3v) is 4.48. The minimum absolute atomic E-state index is 0.771. The lowest BCUT2D eigenvalue weighted by Crippen LogP contribution is -2.07. The normalized spacial score (nSPS) is 11.0. The molecule has 0 radical (unpaired) electrons. The minimum Gasteiger partial charge on any atom is -0.368 e. The molecule has 5 nitrogen and oxygen atoms in total. The summed E-state index contributed by atoms with van der Waals surface area (Å²) in [5.41, 5.74) is 3.98. The average molecular weight is 321 g/mol. The van der Waals surface area contributed by atoms with E-state index >= 15 is 0 Å². The van der Waals surface area contributed by atoms with Gasteiger partial charge in [0.25, 0.3) is 0 Å². The Labute approximate surface area is 137 Å². The highest BCUT2D eigenvalue weighted by Crippen LogP contribution is 2.25. The number of hydrogen-bond acceptors (Lipinski definition) is 5. The van der Waals surface area contributed by atoms with Crippen LogP contribution in [0.5, 0.6) is 0 Å². The van der Waals surface area contributed by atoms with Crippen molar-refractivity contribution in [2.24, 2.45) is 0 Å². The summed E-state index contributed by atoms with van der Waals surface area (Å²) < 4.78 is 0. The molecule has 23 heavy (non-hydrogen) atoms. The Kier molecular flexibility index (Phi) is 3.73. The van der Waals surface area contributed by atoms with Crippen LogP contribution in [0.3, 0.4) is 0 Å². The summed E-state index contributed by atoms with van der Waals surface area (Å²) in [6.07, 6.45) is 4.37. The third-order valence-electron chi connectivity index (χ3n) is 3.60. The lowest BCUT2D eigenvalue weighted by molar-refractivity contribution is 0.970. The van der Waals surface area contributed by atoms with E-state index in [0.29, 0.717) is 0 Å². The summed E-state index contributed by atoms with van der Waals surface area (Å²) in [6, 6.07) is 12.0. The van der Waals surface area contributed by atoms with Crippen LogP contribution in [-0.2, 0) is 6.42 Å². The summed E-state index contributed by atoms with van der Waals surface area (Å²) in [5, 5.41) is 5.40. The molecule has 0 saturated heterocycles. The second-order valence-corrected chi connectivity index (χ2v) is 6.08. The minimum atomic E-state index is 0.771. The molecule has 0 aliphatic heterocycles. The first-order chi connectivity index (χ1) is 11.4. The zero-order valence-electron chi connectivity index (χ0n) is 12.4. The van der Waals surface area contributed by atoms with E-state index in [1.165, 1.54) is 4.88 Å². The molecule has 3 aromatic heterocycles. The Balaban J connectivity index is 1.44. The van der Waals surface area contributed by atoms with Crippen LogP contribution in [-0.4, -0.2) is 26.5 Å². The average Bonchev–Trinajstić information content (AvgIpc) is 3.26. The summed E-state index contributed by atoms with van der Waals surface area (Å²) in [7, 11) is 0. The van der Waals surface area contributed by atoms with Crippen molar-refractivity contribution in [1.82, 2.24) is 19.9 Å². The number of aromatic nitrogens is 4. The number of fused-ring (bicyclic) bond motifs is 1. The lowest BCUT2D eigenvalue weighted by atomic mass is 10.2. The van der Waals surface area contributed by atoms with E-state index in [2.05, 4.69) is 36.7 Å². The predicted molar refractivity (Wildman–Crippen MR) is 93.6 cm³/mol. The number of nitrogens with one attached hydrogen (secondary N) is 2. The van der Waals surface area contributed by atoms with Crippen LogP contribution in [0.4, 0.5) is 5.82 Å². The summed E-state index contributed by atoms with van der Waals surface area (Å²) in [6.45, 7) is 0.771. The molecule has 0 fully saturated rings. The Morgan fingerprint density at radius 2 is 1.96 bits per heavy atom. The van der Waals surface area contributed by atoms with Crippen molar-refractivity contribution >= 4 is 28.2 Å². The summed E-state index contributed by atoms with van der Waals surface area (Å²) in [4.78, 5) is 17.8. The van der Waals surface area contributed by atoms with Gasteiger partial charge in [-0.2, -0.15) is 0 Å². The summed E-state index contributed by atoms with van der Waals surface area (Å²) >= 11 is 1.70. The van der Waals surface area contributed by atoms with Crippen molar-refractivity contribution in [3.8, 4) is 10.6 Å². The molecule has 3 heterocycles. The zero-order valence-corrected chi connectivity index (χ0v) is 13.2. The van der Waals surface area contributed by atoms with Crippen LogP contribution in [0.2, 0.25) is 0 Å². The third kappa shape index (κ3) is 2.93. The van der Waals surface area contributed by atoms with Gasteiger partial charge < -0.3 is 10.3 Å². The molecule has 0 aliphatic rings.